The molecule has 0 radical (unpaired) electrons. The molecule has 0 bridgehead atoms. The van der Waals surface area contributed by atoms with Crippen LogP contribution in [0.2, 0.25) is 0 Å². The number of nitrogens with zero attached hydrogens (tertiary/aromatic N) is 1. The monoisotopic (exact) mass is 155 g/mol. The highest BCUT2D eigenvalue weighted by atomic mass is 16.1. The summed E-state index contributed by atoms with van der Waals surface area (Å²) in [6, 6.07) is 0.347. The van der Waals surface area contributed by atoms with Crippen LogP contribution in [0.4, 0.5) is 0 Å². The van der Waals surface area contributed by atoms with Crippen molar-refractivity contribution < 1.29 is 4.79 Å². The molecule has 11 heavy (non-hydrogen) atoms. The van der Waals surface area contributed by atoms with Crippen LogP contribution < -0.4 is 0 Å². The lowest BCUT2D eigenvalue weighted by Crippen LogP contribution is -2.28. The minimum Gasteiger partial charge on any atom is -0.303 e. The normalized spacial score (nSPS) is 13.1. The van der Waals surface area contributed by atoms with E-state index in [4.69, 9.17) is 0 Å². The van der Waals surface area contributed by atoms with Crippen molar-refractivity contribution in [2.75, 3.05) is 14.1 Å². The van der Waals surface area contributed by atoms with Crippen molar-refractivity contribution in [3.63, 3.8) is 0 Å². The van der Waals surface area contributed by atoms with Crippen molar-refractivity contribution in [1.82, 2.24) is 4.90 Å². The predicted octanol–water partition coefficient (Wildman–Crippen LogP) is 1.47. The molecular formula is C9H17NO. The zero-order valence-electron chi connectivity index (χ0n) is 7.63. The molecule has 1 atom stereocenters. The van der Waals surface area contributed by atoms with Crippen LogP contribution in [-0.4, -0.2) is 31.3 Å². The molecule has 0 aliphatic rings. The van der Waals surface area contributed by atoms with Crippen LogP contribution in [0.5, 0.6) is 0 Å². The predicted molar refractivity (Wildman–Crippen MR) is 47.6 cm³/mol. The van der Waals surface area contributed by atoms with E-state index in [1.807, 2.05) is 21.0 Å². The molecular weight excluding hydrogens is 138 g/mol. The van der Waals surface area contributed by atoms with E-state index in [0.29, 0.717) is 12.5 Å². The Balaban J connectivity index is 3.89. The minimum atomic E-state index is 0.347. The Kier molecular flexibility index (Phi) is 4.79. The molecule has 0 aromatic carbocycles. The highest BCUT2D eigenvalue weighted by Gasteiger charge is 2.10. The van der Waals surface area contributed by atoms with Crippen molar-refractivity contribution in [2.24, 2.45) is 0 Å². The zero-order chi connectivity index (χ0) is 8.85. The Labute approximate surface area is 68.9 Å². The van der Waals surface area contributed by atoms with Gasteiger partial charge in [0.15, 0.2) is 0 Å². The van der Waals surface area contributed by atoms with Gasteiger partial charge in [0.2, 0.25) is 0 Å². The summed E-state index contributed by atoms with van der Waals surface area (Å²) in [6.45, 7) is 5.87. The van der Waals surface area contributed by atoms with E-state index in [9.17, 15) is 4.79 Å². The first-order valence-corrected chi connectivity index (χ1v) is 3.85. The number of hydrogen-bond donors (Lipinski definition) is 0. The first-order valence-electron chi connectivity index (χ1n) is 3.85. The molecule has 0 aromatic rings. The Bertz CT molecular complexity index is 140. The van der Waals surface area contributed by atoms with Gasteiger partial charge in [-0.1, -0.05) is 12.2 Å². The highest BCUT2D eigenvalue weighted by Crippen LogP contribution is 2.10. The summed E-state index contributed by atoms with van der Waals surface area (Å²) in [6.07, 6.45) is 2.46. The van der Waals surface area contributed by atoms with Crippen molar-refractivity contribution in [3.05, 3.63) is 12.2 Å². The van der Waals surface area contributed by atoms with Gasteiger partial charge in [0.25, 0.3) is 0 Å². The molecule has 0 aromatic heterocycles. The first-order chi connectivity index (χ1) is 5.09. The SMILES string of the molecule is C=C(C)C(CCC=O)N(C)C. The van der Waals surface area contributed by atoms with Gasteiger partial charge in [-0.3, -0.25) is 0 Å². The summed E-state index contributed by atoms with van der Waals surface area (Å²) in [5.74, 6) is 0. The van der Waals surface area contributed by atoms with Gasteiger partial charge in [-0.15, -0.1) is 0 Å². The van der Waals surface area contributed by atoms with Crippen LogP contribution in [-0.2, 0) is 4.79 Å². The quantitative estimate of drug-likeness (QED) is 0.442. The number of aldehydes is 1. The van der Waals surface area contributed by atoms with Gasteiger partial charge in [-0.2, -0.15) is 0 Å². The molecule has 0 heterocycles. The second kappa shape index (κ2) is 5.08. The fourth-order valence-corrected chi connectivity index (χ4v) is 1.17. The largest absolute Gasteiger partial charge is 0.303 e. The Morgan fingerprint density at radius 1 is 1.64 bits per heavy atom. The third kappa shape index (κ3) is 3.94. The van der Waals surface area contributed by atoms with Gasteiger partial charge in [0.05, 0.1) is 0 Å². The van der Waals surface area contributed by atoms with Gasteiger partial charge >= 0.3 is 0 Å². The maximum absolute atomic E-state index is 10.1. The van der Waals surface area contributed by atoms with E-state index < -0.39 is 0 Å². The summed E-state index contributed by atoms with van der Waals surface area (Å²) in [5.41, 5.74) is 1.12. The Morgan fingerprint density at radius 2 is 2.18 bits per heavy atom. The minimum absolute atomic E-state index is 0.347. The van der Waals surface area contributed by atoms with Gasteiger partial charge in [0.1, 0.15) is 6.29 Å². The highest BCUT2D eigenvalue weighted by molar-refractivity contribution is 5.49. The van der Waals surface area contributed by atoms with Gasteiger partial charge < -0.3 is 9.69 Å². The smallest absolute Gasteiger partial charge is 0.120 e. The topological polar surface area (TPSA) is 20.3 Å². The number of carbonyl (C=O) groups is 1. The zero-order valence-corrected chi connectivity index (χ0v) is 7.63. The molecule has 0 aliphatic carbocycles. The standard InChI is InChI=1S/C9H17NO/c1-8(2)9(10(3)4)6-5-7-11/h7,9H,1,5-6H2,2-4H3. The average Bonchev–Trinajstić information content (AvgIpc) is 1.87. The van der Waals surface area contributed by atoms with Crippen molar-refractivity contribution in [2.45, 2.75) is 25.8 Å². The number of carbonyl (C=O) groups excluding carboxylic acids is 1. The summed E-state index contributed by atoms with van der Waals surface area (Å²) in [4.78, 5) is 12.2. The van der Waals surface area contributed by atoms with E-state index in [1.165, 1.54) is 0 Å². The summed E-state index contributed by atoms with van der Waals surface area (Å²) in [7, 11) is 4.01. The number of likely N-dealkylation sites (N-methyl/N-ethyl adjacent to an activating group) is 1. The third-order valence-corrected chi connectivity index (χ3v) is 1.75. The second-order valence-corrected chi connectivity index (χ2v) is 3.07. The van der Waals surface area contributed by atoms with E-state index in [2.05, 4.69) is 11.5 Å². The molecule has 0 N–H and O–H groups in total. The van der Waals surface area contributed by atoms with E-state index in [1.54, 1.807) is 0 Å². The first kappa shape index (κ1) is 10.4. The Hall–Kier alpha value is -0.630. The van der Waals surface area contributed by atoms with Gasteiger partial charge in [0, 0.05) is 12.5 Å². The molecule has 0 saturated heterocycles. The lowest BCUT2D eigenvalue weighted by molar-refractivity contribution is -0.108. The molecule has 0 saturated carbocycles. The van der Waals surface area contributed by atoms with Gasteiger partial charge in [-0.25, -0.2) is 0 Å². The Morgan fingerprint density at radius 3 is 2.45 bits per heavy atom. The van der Waals surface area contributed by atoms with E-state index in [-0.39, 0.29) is 0 Å². The maximum atomic E-state index is 10.1. The molecule has 0 rings (SSSR count). The van der Waals surface area contributed by atoms with Crippen molar-refractivity contribution in [3.8, 4) is 0 Å². The fourth-order valence-electron chi connectivity index (χ4n) is 1.17. The molecule has 1 unspecified atom stereocenters. The van der Waals surface area contributed by atoms with E-state index >= 15 is 0 Å². The molecule has 2 nitrogen and oxygen atoms in total. The molecule has 2 heteroatoms. The summed E-state index contributed by atoms with van der Waals surface area (Å²) < 4.78 is 0. The number of hydrogen-bond acceptors (Lipinski definition) is 2. The number of rotatable bonds is 5. The van der Waals surface area contributed by atoms with Crippen LogP contribution in [0.1, 0.15) is 19.8 Å². The lowest BCUT2D eigenvalue weighted by Gasteiger charge is -2.23. The van der Waals surface area contributed by atoms with Gasteiger partial charge in [-0.05, 0) is 27.4 Å². The fraction of sp³-hybridized carbons (Fsp3) is 0.667. The van der Waals surface area contributed by atoms with Crippen LogP contribution in [0, 0.1) is 0 Å². The summed E-state index contributed by atoms with van der Waals surface area (Å²) in [5, 5.41) is 0. The van der Waals surface area contributed by atoms with Crippen LogP contribution in [0.25, 0.3) is 0 Å². The average molecular weight is 155 g/mol. The van der Waals surface area contributed by atoms with E-state index in [0.717, 1.165) is 18.3 Å². The second-order valence-electron chi connectivity index (χ2n) is 3.07. The van der Waals surface area contributed by atoms with Crippen LogP contribution in [0.15, 0.2) is 12.2 Å². The molecule has 0 fully saturated rings. The van der Waals surface area contributed by atoms with Crippen LogP contribution >= 0.6 is 0 Å². The molecule has 0 spiro atoms. The molecule has 0 aliphatic heterocycles. The van der Waals surface area contributed by atoms with Crippen molar-refractivity contribution >= 4 is 6.29 Å². The summed E-state index contributed by atoms with van der Waals surface area (Å²) >= 11 is 0. The van der Waals surface area contributed by atoms with Crippen molar-refractivity contribution in [1.29, 1.82) is 0 Å². The lowest BCUT2D eigenvalue weighted by atomic mass is 10.0. The van der Waals surface area contributed by atoms with Crippen LogP contribution in [0.3, 0.4) is 0 Å². The molecule has 0 amide bonds. The third-order valence-electron chi connectivity index (χ3n) is 1.75. The maximum Gasteiger partial charge on any atom is 0.120 e. The molecule has 64 valence electrons.